The first-order valence-corrected chi connectivity index (χ1v) is 23.6. The summed E-state index contributed by atoms with van der Waals surface area (Å²) >= 11 is 6.16. The van der Waals surface area contributed by atoms with E-state index in [4.69, 9.17) is 41.0 Å². The van der Waals surface area contributed by atoms with Gasteiger partial charge in [0.1, 0.15) is 23.5 Å². The summed E-state index contributed by atoms with van der Waals surface area (Å²) in [5.41, 5.74) is 4.59. The lowest BCUT2D eigenvalue weighted by Crippen LogP contribution is -2.40. The zero-order valence-corrected chi connectivity index (χ0v) is 38.1. The number of aliphatic hydroxyl groups excluding tert-OH is 1. The minimum atomic E-state index is -0.226. The number of benzene rings is 1. The number of halogens is 1. The Morgan fingerprint density at radius 3 is 2.52 bits per heavy atom. The van der Waals surface area contributed by atoms with Gasteiger partial charge in [-0.3, -0.25) is 9.78 Å². The number of nitrogens with one attached hydrogen (secondary N) is 2. The van der Waals surface area contributed by atoms with Gasteiger partial charge in [-0.15, -0.1) is 10.2 Å². The molecule has 16 nitrogen and oxygen atoms in total. The van der Waals surface area contributed by atoms with Gasteiger partial charge in [-0.1, -0.05) is 24.6 Å². The van der Waals surface area contributed by atoms with Crippen molar-refractivity contribution < 1.29 is 24.1 Å². The van der Waals surface area contributed by atoms with Gasteiger partial charge >= 0.3 is 0 Å². The fourth-order valence-electron chi connectivity index (χ4n) is 9.07. The summed E-state index contributed by atoms with van der Waals surface area (Å²) in [4.78, 5) is 27.3. The van der Waals surface area contributed by atoms with E-state index < -0.39 is 0 Å². The maximum absolute atomic E-state index is 13.0. The van der Waals surface area contributed by atoms with Crippen molar-refractivity contribution in [2.45, 2.75) is 121 Å². The predicted octanol–water partition coefficient (Wildman–Crippen LogP) is 7.24. The number of hydrogen-bond donors (Lipinski definition) is 3. The second-order valence-electron chi connectivity index (χ2n) is 17.2. The van der Waals surface area contributed by atoms with E-state index in [1.54, 1.807) is 24.3 Å². The first-order chi connectivity index (χ1) is 31.8. The first kappa shape index (κ1) is 45.9. The van der Waals surface area contributed by atoms with Crippen LogP contribution in [0.3, 0.4) is 0 Å². The van der Waals surface area contributed by atoms with Crippen molar-refractivity contribution in [2.75, 3.05) is 54.6 Å². The molecule has 344 valence electrons. The molecule has 6 heterocycles. The highest BCUT2D eigenvalue weighted by molar-refractivity contribution is 6.31. The van der Waals surface area contributed by atoms with Gasteiger partial charge in [0.05, 0.1) is 54.0 Å². The van der Waals surface area contributed by atoms with Crippen LogP contribution in [0.2, 0.25) is 5.02 Å². The summed E-state index contributed by atoms with van der Waals surface area (Å²) < 4.78 is 20.3. The monoisotopic (exact) mass is 905 g/mol. The molecule has 5 aromatic rings. The third-order valence-electron chi connectivity index (χ3n) is 12.9. The number of rotatable bonds is 18. The molecule has 3 fully saturated rings. The Kier molecular flexibility index (Phi) is 15.6. The Labute approximate surface area is 385 Å². The zero-order chi connectivity index (χ0) is 45.1. The molecule has 1 saturated carbocycles. The van der Waals surface area contributed by atoms with Crippen molar-refractivity contribution in [3.05, 3.63) is 94.0 Å². The third kappa shape index (κ3) is 11.6. The molecule has 4 aromatic heterocycles. The highest BCUT2D eigenvalue weighted by atomic mass is 35.5. The number of piperidine rings is 2. The summed E-state index contributed by atoms with van der Waals surface area (Å²) in [7, 11) is 0. The van der Waals surface area contributed by atoms with Gasteiger partial charge in [-0.05, 0) is 113 Å². The van der Waals surface area contributed by atoms with Crippen LogP contribution in [0.15, 0.2) is 60.9 Å². The van der Waals surface area contributed by atoms with Crippen LogP contribution < -0.4 is 25.2 Å². The number of nitrogens with zero attached hydrogens (tertiary/aromatic N) is 9. The van der Waals surface area contributed by atoms with E-state index in [-0.39, 0.29) is 42.9 Å². The number of fused-ring (bicyclic) bond motifs is 1. The van der Waals surface area contributed by atoms with Crippen molar-refractivity contribution in [2.24, 2.45) is 0 Å². The molecule has 2 aliphatic heterocycles. The molecule has 3 N–H and O–H groups in total. The second kappa shape index (κ2) is 22.1. The number of ether oxygens (including phenoxy) is 3. The second-order valence-corrected chi connectivity index (χ2v) is 17.6. The summed E-state index contributed by atoms with van der Waals surface area (Å²) in [5, 5.41) is 39.2. The standard InChI is InChI=1S/C48H60ClN11O5/c1-3-34-31-53-60-45(27-46(55-47(34)60)59-20-5-4-6-37(59)19-23-61)52-30-33-7-14-42(51-29-33)32(2)63-24-25-64-38-17-21-58(22-18-38)44-16-15-43(56-57-44)48(62)54-36-9-12-39(13-10-36)65-40-11-8-35(28-50)41(49)26-40/h7-8,11,14-16,26-27,29,31-32,36-39,52,61H,3-6,9-10,12-13,17-25,30H2,1-2H3,(H,54,62)/t32?,36-,37?,39-. The number of aryl methyl sites for hydroxylation is 1. The maximum Gasteiger partial charge on any atom is 0.272 e. The topological polar surface area (TPSA) is 188 Å². The lowest BCUT2D eigenvalue weighted by Gasteiger charge is -2.36. The molecule has 3 aliphatic rings. The number of anilines is 3. The van der Waals surface area contributed by atoms with Crippen LogP contribution in [-0.4, -0.2) is 105 Å². The molecule has 8 rings (SSSR count). The highest BCUT2D eigenvalue weighted by Crippen LogP contribution is 2.30. The van der Waals surface area contributed by atoms with Gasteiger partial charge in [0.15, 0.2) is 17.2 Å². The Morgan fingerprint density at radius 1 is 0.954 bits per heavy atom. The average Bonchev–Trinajstić information content (AvgIpc) is 3.77. The fraction of sp³-hybridized carbons (Fsp3) is 0.521. The van der Waals surface area contributed by atoms with Gasteiger partial charge in [0.2, 0.25) is 0 Å². The molecule has 0 bridgehead atoms. The summed E-state index contributed by atoms with van der Waals surface area (Å²) in [5.74, 6) is 2.97. The molecule has 1 aromatic carbocycles. The van der Waals surface area contributed by atoms with Crippen LogP contribution in [-0.2, 0) is 22.4 Å². The van der Waals surface area contributed by atoms with Crippen LogP contribution in [0, 0.1) is 11.3 Å². The van der Waals surface area contributed by atoms with Crippen LogP contribution in [0.4, 0.5) is 17.5 Å². The van der Waals surface area contributed by atoms with E-state index in [2.05, 4.69) is 60.9 Å². The summed E-state index contributed by atoms with van der Waals surface area (Å²) in [6.45, 7) is 8.33. The zero-order valence-electron chi connectivity index (χ0n) is 37.4. The summed E-state index contributed by atoms with van der Waals surface area (Å²) in [6, 6.07) is 17.3. The van der Waals surface area contributed by atoms with Gasteiger partial charge in [0, 0.05) is 68.8 Å². The van der Waals surface area contributed by atoms with E-state index in [1.807, 2.05) is 36.0 Å². The van der Waals surface area contributed by atoms with Crippen LogP contribution >= 0.6 is 11.6 Å². The minimum absolute atomic E-state index is 0.0247. The van der Waals surface area contributed by atoms with Crippen molar-refractivity contribution in [3.63, 3.8) is 0 Å². The molecule has 1 amide bonds. The number of aromatic nitrogens is 6. The molecular formula is C48H60ClN11O5. The molecule has 2 unspecified atom stereocenters. The van der Waals surface area contributed by atoms with Gasteiger partial charge in [-0.2, -0.15) is 14.9 Å². The number of carbonyl (C=O) groups excluding carboxylic acids is 1. The molecule has 17 heteroatoms. The normalized spacial score (nSPS) is 19.8. The molecule has 0 spiro atoms. The quantitative estimate of drug-likeness (QED) is 0.0747. The third-order valence-corrected chi connectivity index (χ3v) is 13.2. The van der Waals surface area contributed by atoms with E-state index in [0.29, 0.717) is 41.8 Å². The molecule has 1 aliphatic carbocycles. The molecular weight excluding hydrogens is 846 g/mol. The minimum Gasteiger partial charge on any atom is -0.490 e. The number of hydrogen-bond acceptors (Lipinski definition) is 14. The number of carbonyl (C=O) groups is 1. The Hall–Kier alpha value is -5.60. The highest BCUT2D eigenvalue weighted by Gasteiger charge is 2.27. The maximum atomic E-state index is 13.0. The summed E-state index contributed by atoms with van der Waals surface area (Å²) in [6.07, 6.45) is 13.6. The average molecular weight is 907 g/mol. The van der Waals surface area contributed by atoms with E-state index in [0.717, 1.165) is 124 Å². The number of nitriles is 1. The van der Waals surface area contributed by atoms with Crippen molar-refractivity contribution >= 4 is 40.6 Å². The molecule has 0 radical (unpaired) electrons. The fourth-order valence-corrected chi connectivity index (χ4v) is 9.28. The SMILES string of the molecule is CCc1cnn2c(NCc3ccc(C(C)OCCOC4CCN(c5ccc(C(=O)N[C@H]6CC[C@H](Oc7ccc(C#N)c(Cl)c7)CC6)nn5)CC4)nc3)cc(N3CCCCC3CCO)nc12. The van der Waals surface area contributed by atoms with E-state index in [1.165, 1.54) is 6.42 Å². The Bertz CT molecular complexity index is 2380. The predicted molar refractivity (Wildman–Crippen MR) is 249 cm³/mol. The van der Waals surface area contributed by atoms with Gasteiger partial charge < -0.3 is 39.8 Å². The van der Waals surface area contributed by atoms with E-state index in [9.17, 15) is 9.90 Å². The number of amides is 1. The Balaban J connectivity index is 0.729. The van der Waals surface area contributed by atoms with Crippen molar-refractivity contribution in [1.82, 2.24) is 35.1 Å². The largest absolute Gasteiger partial charge is 0.490 e. The number of aliphatic hydroxyl groups is 1. The lowest BCUT2D eigenvalue weighted by molar-refractivity contribution is -0.0255. The van der Waals surface area contributed by atoms with Crippen molar-refractivity contribution in [1.29, 1.82) is 5.26 Å². The number of pyridine rings is 1. The van der Waals surface area contributed by atoms with Crippen LogP contribution in [0.1, 0.15) is 117 Å². The van der Waals surface area contributed by atoms with Gasteiger partial charge in [-0.25, -0.2) is 4.98 Å². The van der Waals surface area contributed by atoms with Gasteiger partial charge in [0.25, 0.3) is 5.91 Å². The van der Waals surface area contributed by atoms with Crippen LogP contribution in [0.25, 0.3) is 5.65 Å². The Morgan fingerprint density at radius 2 is 1.80 bits per heavy atom. The van der Waals surface area contributed by atoms with Crippen molar-refractivity contribution in [3.8, 4) is 11.8 Å². The first-order valence-electron chi connectivity index (χ1n) is 23.2. The molecule has 2 atom stereocenters. The smallest absolute Gasteiger partial charge is 0.272 e. The molecule has 65 heavy (non-hydrogen) atoms. The van der Waals surface area contributed by atoms with Crippen LogP contribution in [0.5, 0.6) is 5.75 Å². The lowest BCUT2D eigenvalue weighted by atomic mass is 9.93. The van der Waals surface area contributed by atoms with E-state index >= 15 is 0 Å². The molecule has 2 saturated heterocycles.